The van der Waals surface area contributed by atoms with Crippen molar-refractivity contribution in [2.24, 2.45) is 5.92 Å². The van der Waals surface area contributed by atoms with Crippen LogP contribution in [0.25, 0.3) is 0 Å². The molecule has 0 bridgehead atoms. The van der Waals surface area contributed by atoms with Crippen LogP contribution in [-0.2, 0) is 13.8 Å². The van der Waals surface area contributed by atoms with Crippen molar-refractivity contribution >= 4 is 37.0 Å². The number of carbonyl (C=O) groups is 1. The third kappa shape index (κ3) is 2.96. The Bertz CT molecular complexity index is 501. The number of esters is 1. The molecule has 1 aromatic heterocycles. The summed E-state index contributed by atoms with van der Waals surface area (Å²) < 4.78 is 26.9. The highest BCUT2D eigenvalue weighted by Crippen LogP contribution is 2.29. The Hall–Kier alpha value is -0.590. The van der Waals surface area contributed by atoms with E-state index in [4.69, 9.17) is 15.4 Å². The second-order valence-electron chi connectivity index (χ2n) is 3.63. The van der Waals surface area contributed by atoms with Gasteiger partial charge < -0.3 is 4.74 Å². The zero-order chi connectivity index (χ0) is 11.8. The molecule has 0 radical (unpaired) electrons. The van der Waals surface area contributed by atoms with E-state index in [0.29, 0.717) is 12.5 Å². The van der Waals surface area contributed by atoms with Crippen LogP contribution in [0.4, 0.5) is 0 Å². The highest BCUT2D eigenvalue weighted by molar-refractivity contribution is 8.15. The van der Waals surface area contributed by atoms with Crippen molar-refractivity contribution in [3.05, 3.63) is 17.0 Å². The lowest BCUT2D eigenvalue weighted by Crippen LogP contribution is -2.06. The summed E-state index contributed by atoms with van der Waals surface area (Å²) in [7, 11) is 1.39. The first-order valence-electron chi connectivity index (χ1n) is 4.67. The second-order valence-corrected chi connectivity index (χ2v) is 7.34. The molecule has 0 atom stereocenters. The van der Waals surface area contributed by atoms with Crippen molar-refractivity contribution in [1.82, 2.24) is 0 Å². The first-order chi connectivity index (χ1) is 7.47. The maximum absolute atomic E-state index is 11.5. The lowest BCUT2D eigenvalue weighted by atomic mass is 10.3. The molecule has 1 heterocycles. The molecule has 0 aliphatic heterocycles. The van der Waals surface area contributed by atoms with E-state index in [1.165, 1.54) is 11.4 Å². The van der Waals surface area contributed by atoms with E-state index in [1.807, 2.05) is 0 Å². The summed E-state index contributed by atoms with van der Waals surface area (Å²) in [5.74, 6) is -0.00599. The number of hydrogen-bond acceptors (Lipinski definition) is 5. The number of carbonyl (C=O) groups excluding carboxylic acids is 1. The zero-order valence-corrected chi connectivity index (χ0v) is 10.6. The summed E-state index contributed by atoms with van der Waals surface area (Å²) in [4.78, 5) is 11.5. The molecule has 0 spiro atoms. The van der Waals surface area contributed by atoms with Gasteiger partial charge in [0, 0.05) is 16.1 Å². The van der Waals surface area contributed by atoms with E-state index < -0.39 is 15.0 Å². The van der Waals surface area contributed by atoms with Crippen LogP contribution in [0.5, 0.6) is 0 Å². The summed E-state index contributed by atoms with van der Waals surface area (Å²) in [5.41, 5.74) is 0.241. The number of ether oxygens (including phenoxy) is 1. The van der Waals surface area contributed by atoms with Crippen LogP contribution in [0.1, 0.15) is 23.2 Å². The second kappa shape index (κ2) is 4.35. The van der Waals surface area contributed by atoms with Gasteiger partial charge in [-0.3, -0.25) is 0 Å². The molecule has 0 unspecified atom stereocenters. The summed E-state index contributed by atoms with van der Waals surface area (Å²) in [6, 6.07) is 1.24. The molecule has 1 fully saturated rings. The lowest BCUT2D eigenvalue weighted by molar-refractivity contribution is 0.0486. The minimum Gasteiger partial charge on any atom is -0.462 e. The molecular weight excluding hydrogens is 272 g/mol. The van der Waals surface area contributed by atoms with Gasteiger partial charge in [-0.2, -0.15) is 0 Å². The third-order valence-electron chi connectivity index (χ3n) is 2.20. The Balaban J connectivity index is 2.02. The summed E-state index contributed by atoms with van der Waals surface area (Å²) in [6.45, 7) is 0.414. The topological polar surface area (TPSA) is 60.4 Å². The maximum atomic E-state index is 11.5. The quantitative estimate of drug-likeness (QED) is 0.627. The fourth-order valence-electron chi connectivity index (χ4n) is 1.11. The van der Waals surface area contributed by atoms with Gasteiger partial charge in [0.25, 0.3) is 9.05 Å². The number of hydrogen-bond donors (Lipinski definition) is 0. The first-order valence-corrected chi connectivity index (χ1v) is 7.86. The van der Waals surface area contributed by atoms with Gasteiger partial charge in [0.2, 0.25) is 0 Å². The van der Waals surface area contributed by atoms with Crippen molar-refractivity contribution in [1.29, 1.82) is 0 Å². The molecule has 4 nitrogen and oxygen atoms in total. The molecule has 88 valence electrons. The maximum Gasteiger partial charge on any atom is 0.339 e. The Morgan fingerprint density at radius 3 is 2.75 bits per heavy atom. The van der Waals surface area contributed by atoms with Gasteiger partial charge in [-0.15, -0.1) is 11.3 Å². The van der Waals surface area contributed by atoms with Crippen LogP contribution in [0.2, 0.25) is 0 Å². The standard InChI is InChI=1S/C9H9ClO4S2/c10-16(12,13)8-3-7(5-15-8)9(11)14-4-6-1-2-6/h3,5-6H,1-2,4H2. The molecule has 1 aliphatic carbocycles. The lowest BCUT2D eigenvalue weighted by Gasteiger charge is -2.00. The van der Waals surface area contributed by atoms with E-state index in [2.05, 4.69) is 0 Å². The number of rotatable bonds is 4. The predicted molar refractivity (Wildman–Crippen MR) is 60.4 cm³/mol. The van der Waals surface area contributed by atoms with Crippen LogP contribution < -0.4 is 0 Å². The molecule has 0 N–H and O–H groups in total. The molecule has 1 aliphatic rings. The van der Waals surface area contributed by atoms with Crippen molar-refractivity contribution in [3.8, 4) is 0 Å². The molecule has 1 saturated carbocycles. The molecule has 2 rings (SSSR count). The third-order valence-corrected chi connectivity index (χ3v) is 5.24. The largest absolute Gasteiger partial charge is 0.462 e. The minimum atomic E-state index is -3.75. The fraction of sp³-hybridized carbons (Fsp3) is 0.444. The van der Waals surface area contributed by atoms with Gasteiger partial charge in [-0.05, 0) is 24.8 Å². The number of halogens is 1. The van der Waals surface area contributed by atoms with Crippen molar-refractivity contribution in [2.75, 3.05) is 6.61 Å². The number of thiophene rings is 1. The Morgan fingerprint density at radius 2 is 2.25 bits per heavy atom. The summed E-state index contributed by atoms with van der Waals surface area (Å²) in [6.07, 6.45) is 2.19. The predicted octanol–water partition coefficient (Wildman–Crippen LogP) is 2.24. The first kappa shape index (κ1) is 11.9. The van der Waals surface area contributed by atoms with Gasteiger partial charge in [0.1, 0.15) is 4.21 Å². The van der Waals surface area contributed by atoms with Crippen molar-refractivity contribution in [2.45, 2.75) is 17.1 Å². The highest BCUT2D eigenvalue weighted by Gasteiger charge is 2.24. The SMILES string of the molecule is O=C(OCC1CC1)c1csc(S(=O)(=O)Cl)c1. The molecule has 16 heavy (non-hydrogen) atoms. The molecular formula is C9H9ClO4S2. The molecule has 0 amide bonds. The zero-order valence-electron chi connectivity index (χ0n) is 8.18. The van der Waals surface area contributed by atoms with Crippen LogP contribution in [0, 0.1) is 5.92 Å². The average molecular weight is 281 g/mol. The van der Waals surface area contributed by atoms with Crippen LogP contribution in [-0.4, -0.2) is 21.0 Å². The Morgan fingerprint density at radius 1 is 1.56 bits per heavy atom. The average Bonchev–Trinajstić information content (AvgIpc) is 2.86. The molecule has 0 saturated heterocycles. The van der Waals surface area contributed by atoms with Crippen molar-refractivity contribution in [3.63, 3.8) is 0 Å². The molecule has 0 aromatic carbocycles. The highest BCUT2D eigenvalue weighted by atomic mass is 35.7. The van der Waals surface area contributed by atoms with E-state index in [-0.39, 0.29) is 9.77 Å². The van der Waals surface area contributed by atoms with Gasteiger partial charge >= 0.3 is 5.97 Å². The summed E-state index contributed by atoms with van der Waals surface area (Å²) >= 11 is 0.914. The normalized spacial score (nSPS) is 16.1. The fourth-order valence-corrected chi connectivity index (χ4v) is 3.05. The van der Waals surface area contributed by atoms with E-state index in [0.717, 1.165) is 24.2 Å². The van der Waals surface area contributed by atoms with Gasteiger partial charge in [-0.1, -0.05) is 0 Å². The van der Waals surface area contributed by atoms with E-state index in [9.17, 15) is 13.2 Å². The van der Waals surface area contributed by atoms with E-state index in [1.54, 1.807) is 0 Å². The van der Waals surface area contributed by atoms with Crippen LogP contribution in [0.15, 0.2) is 15.7 Å². The van der Waals surface area contributed by atoms with Gasteiger partial charge in [-0.25, -0.2) is 13.2 Å². The van der Waals surface area contributed by atoms with Gasteiger partial charge in [0.15, 0.2) is 0 Å². The summed E-state index contributed by atoms with van der Waals surface area (Å²) in [5, 5.41) is 1.44. The molecule has 7 heteroatoms. The van der Waals surface area contributed by atoms with E-state index >= 15 is 0 Å². The Kier molecular flexibility index (Phi) is 3.23. The van der Waals surface area contributed by atoms with Crippen LogP contribution >= 0.6 is 22.0 Å². The smallest absolute Gasteiger partial charge is 0.339 e. The monoisotopic (exact) mass is 280 g/mol. The van der Waals surface area contributed by atoms with Crippen molar-refractivity contribution < 1.29 is 17.9 Å². The Labute approximate surface area is 102 Å². The van der Waals surface area contributed by atoms with Crippen LogP contribution in [0.3, 0.4) is 0 Å². The van der Waals surface area contributed by atoms with Gasteiger partial charge in [0.05, 0.1) is 12.2 Å². The minimum absolute atomic E-state index is 0.0347. The molecule has 1 aromatic rings.